The van der Waals surface area contributed by atoms with E-state index in [1.54, 1.807) is 6.20 Å². The Kier molecular flexibility index (Phi) is 3.89. The molecule has 14 heavy (non-hydrogen) atoms. The van der Waals surface area contributed by atoms with E-state index in [1.807, 2.05) is 26.0 Å². The Morgan fingerprint density at radius 2 is 2.21 bits per heavy atom. The van der Waals surface area contributed by atoms with Crippen LogP contribution in [0.25, 0.3) is 0 Å². The van der Waals surface area contributed by atoms with Crippen molar-refractivity contribution in [3.8, 4) is 0 Å². The molecule has 78 valence electrons. The Hall–Kier alpha value is -0.610. The minimum atomic E-state index is -0.129. The second-order valence-electron chi connectivity index (χ2n) is 3.84. The molecule has 0 radical (unpaired) electrons. The lowest BCUT2D eigenvalue weighted by Crippen LogP contribution is -2.32. The molecule has 4 heteroatoms. The number of rotatable bonds is 4. The van der Waals surface area contributed by atoms with Crippen molar-refractivity contribution in [3.63, 3.8) is 0 Å². The zero-order chi connectivity index (χ0) is 10.6. The molecule has 0 saturated heterocycles. The third-order valence-corrected chi connectivity index (χ3v) is 2.40. The number of halogens is 1. The second kappa shape index (κ2) is 4.75. The highest BCUT2D eigenvalue weighted by molar-refractivity contribution is 9.10. The quantitative estimate of drug-likeness (QED) is 0.872. The van der Waals surface area contributed by atoms with Crippen LogP contribution in [0.1, 0.15) is 20.3 Å². The molecule has 1 aromatic heterocycles. The molecule has 1 rings (SSSR count). The second-order valence-corrected chi connectivity index (χ2v) is 4.76. The zero-order valence-corrected chi connectivity index (χ0v) is 10.0. The van der Waals surface area contributed by atoms with Crippen LogP contribution in [0.2, 0.25) is 0 Å². The van der Waals surface area contributed by atoms with E-state index in [2.05, 4.69) is 26.2 Å². The maximum Gasteiger partial charge on any atom is 0.126 e. The lowest BCUT2D eigenvalue weighted by molar-refractivity contribution is 0.260. The van der Waals surface area contributed by atoms with Gasteiger partial charge in [0, 0.05) is 22.8 Å². The van der Waals surface area contributed by atoms with Crippen LogP contribution in [0.3, 0.4) is 0 Å². The van der Waals surface area contributed by atoms with Gasteiger partial charge < -0.3 is 10.4 Å². The number of hydrogen-bond acceptors (Lipinski definition) is 3. The van der Waals surface area contributed by atoms with E-state index in [4.69, 9.17) is 5.11 Å². The van der Waals surface area contributed by atoms with Crippen LogP contribution >= 0.6 is 15.9 Å². The van der Waals surface area contributed by atoms with Crippen molar-refractivity contribution in [2.24, 2.45) is 0 Å². The lowest BCUT2D eigenvalue weighted by Gasteiger charge is -2.25. The number of nitrogens with zero attached hydrogens (tertiary/aromatic N) is 1. The number of nitrogens with one attached hydrogen (secondary N) is 1. The highest BCUT2D eigenvalue weighted by Gasteiger charge is 2.16. The Morgan fingerprint density at radius 1 is 1.50 bits per heavy atom. The number of anilines is 1. The molecule has 0 bridgehead atoms. The number of aliphatic hydroxyl groups excluding tert-OH is 1. The van der Waals surface area contributed by atoms with E-state index in [-0.39, 0.29) is 12.1 Å². The largest absolute Gasteiger partial charge is 0.396 e. The number of aliphatic hydroxyl groups is 1. The standard InChI is InChI=1S/C10H15BrN2O/c1-10(2,5-6-14)13-9-4-3-8(11)7-12-9/h3-4,7,14H,5-6H2,1-2H3,(H,12,13). The molecule has 0 fully saturated rings. The topological polar surface area (TPSA) is 45.1 Å². The molecule has 0 aromatic carbocycles. The van der Waals surface area contributed by atoms with Crippen LogP contribution < -0.4 is 5.32 Å². The van der Waals surface area contributed by atoms with Crippen molar-refractivity contribution >= 4 is 21.7 Å². The molecule has 0 atom stereocenters. The zero-order valence-electron chi connectivity index (χ0n) is 8.42. The average molecular weight is 259 g/mol. The minimum Gasteiger partial charge on any atom is -0.396 e. The third-order valence-electron chi connectivity index (χ3n) is 1.93. The Morgan fingerprint density at radius 3 is 2.71 bits per heavy atom. The Balaban J connectivity index is 2.64. The van der Waals surface area contributed by atoms with Gasteiger partial charge in [-0.15, -0.1) is 0 Å². The van der Waals surface area contributed by atoms with Crippen molar-refractivity contribution in [3.05, 3.63) is 22.8 Å². The Labute approximate surface area is 92.7 Å². The maximum absolute atomic E-state index is 8.86. The fraction of sp³-hybridized carbons (Fsp3) is 0.500. The summed E-state index contributed by atoms with van der Waals surface area (Å²) in [6, 6.07) is 3.84. The first-order chi connectivity index (χ1) is 6.53. The summed E-state index contributed by atoms with van der Waals surface area (Å²) in [7, 11) is 0. The fourth-order valence-electron chi connectivity index (χ4n) is 1.14. The van der Waals surface area contributed by atoms with E-state index in [0.717, 1.165) is 10.3 Å². The number of hydrogen-bond donors (Lipinski definition) is 2. The first-order valence-corrected chi connectivity index (χ1v) is 5.33. The van der Waals surface area contributed by atoms with Crippen LogP contribution in [0.5, 0.6) is 0 Å². The highest BCUT2D eigenvalue weighted by Crippen LogP contribution is 2.17. The van der Waals surface area contributed by atoms with Crippen LogP contribution in [-0.4, -0.2) is 22.2 Å². The van der Waals surface area contributed by atoms with Gasteiger partial charge in [0.15, 0.2) is 0 Å². The van der Waals surface area contributed by atoms with Crippen molar-refractivity contribution < 1.29 is 5.11 Å². The summed E-state index contributed by atoms with van der Waals surface area (Å²) < 4.78 is 0.961. The summed E-state index contributed by atoms with van der Waals surface area (Å²) in [4.78, 5) is 4.21. The summed E-state index contributed by atoms with van der Waals surface area (Å²) in [6.07, 6.45) is 2.45. The van der Waals surface area contributed by atoms with Crippen molar-refractivity contribution in [2.45, 2.75) is 25.8 Å². The monoisotopic (exact) mass is 258 g/mol. The van der Waals surface area contributed by atoms with Gasteiger partial charge in [0.05, 0.1) is 0 Å². The summed E-state index contributed by atoms with van der Waals surface area (Å²) in [5.74, 6) is 0.826. The van der Waals surface area contributed by atoms with E-state index in [9.17, 15) is 0 Å². The summed E-state index contributed by atoms with van der Waals surface area (Å²) in [5.41, 5.74) is -0.129. The molecule has 3 nitrogen and oxygen atoms in total. The molecule has 0 unspecified atom stereocenters. The molecular formula is C10H15BrN2O. The molecule has 0 amide bonds. The molecule has 0 spiro atoms. The van der Waals surface area contributed by atoms with E-state index < -0.39 is 0 Å². The van der Waals surface area contributed by atoms with Crippen LogP contribution in [-0.2, 0) is 0 Å². The minimum absolute atomic E-state index is 0.129. The third kappa shape index (κ3) is 3.64. The summed E-state index contributed by atoms with van der Waals surface area (Å²) in [6.45, 7) is 4.25. The summed E-state index contributed by atoms with van der Waals surface area (Å²) >= 11 is 3.33. The smallest absolute Gasteiger partial charge is 0.126 e. The van der Waals surface area contributed by atoms with Gasteiger partial charge in [0.2, 0.25) is 0 Å². The average Bonchev–Trinajstić information content (AvgIpc) is 2.08. The molecule has 0 aliphatic heterocycles. The van der Waals surface area contributed by atoms with Gasteiger partial charge in [-0.3, -0.25) is 0 Å². The fourth-order valence-corrected chi connectivity index (χ4v) is 1.37. The van der Waals surface area contributed by atoms with E-state index in [1.165, 1.54) is 0 Å². The van der Waals surface area contributed by atoms with Crippen molar-refractivity contribution in [1.82, 2.24) is 4.98 Å². The highest BCUT2D eigenvalue weighted by atomic mass is 79.9. The number of pyridine rings is 1. The SMILES string of the molecule is CC(C)(CCO)Nc1ccc(Br)cn1. The van der Waals surface area contributed by atoms with Gasteiger partial charge in [-0.05, 0) is 48.3 Å². The van der Waals surface area contributed by atoms with Crippen LogP contribution in [0.15, 0.2) is 22.8 Å². The van der Waals surface area contributed by atoms with Gasteiger partial charge in [-0.25, -0.2) is 4.98 Å². The molecule has 0 aliphatic rings. The summed E-state index contributed by atoms with van der Waals surface area (Å²) in [5, 5.41) is 12.1. The van der Waals surface area contributed by atoms with E-state index >= 15 is 0 Å². The van der Waals surface area contributed by atoms with Gasteiger partial charge in [0.25, 0.3) is 0 Å². The first-order valence-electron chi connectivity index (χ1n) is 4.54. The maximum atomic E-state index is 8.86. The van der Waals surface area contributed by atoms with Crippen LogP contribution in [0.4, 0.5) is 5.82 Å². The molecule has 0 saturated carbocycles. The molecule has 1 heterocycles. The van der Waals surface area contributed by atoms with Gasteiger partial charge >= 0.3 is 0 Å². The molecule has 0 aliphatic carbocycles. The molecular weight excluding hydrogens is 244 g/mol. The van der Waals surface area contributed by atoms with Gasteiger partial charge in [-0.1, -0.05) is 0 Å². The normalized spacial score (nSPS) is 11.4. The first kappa shape index (κ1) is 11.5. The van der Waals surface area contributed by atoms with E-state index in [0.29, 0.717) is 6.42 Å². The number of aromatic nitrogens is 1. The predicted molar refractivity (Wildman–Crippen MR) is 61.3 cm³/mol. The van der Waals surface area contributed by atoms with Crippen molar-refractivity contribution in [2.75, 3.05) is 11.9 Å². The van der Waals surface area contributed by atoms with Gasteiger partial charge in [-0.2, -0.15) is 0 Å². The van der Waals surface area contributed by atoms with Crippen LogP contribution in [0, 0.1) is 0 Å². The Bertz CT molecular complexity index is 285. The predicted octanol–water partition coefficient (Wildman–Crippen LogP) is 2.42. The van der Waals surface area contributed by atoms with Crippen molar-refractivity contribution in [1.29, 1.82) is 0 Å². The van der Waals surface area contributed by atoms with Gasteiger partial charge in [0.1, 0.15) is 5.82 Å². The molecule has 2 N–H and O–H groups in total. The molecule has 1 aromatic rings. The lowest BCUT2D eigenvalue weighted by atomic mass is 10.0.